The van der Waals surface area contributed by atoms with E-state index in [-0.39, 0.29) is 5.91 Å². The van der Waals surface area contributed by atoms with Crippen LogP contribution in [0, 0.1) is 5.92 Å². The molecule has 3 N–H and O–H groups in total. The summed E-state index contributed by atoms with van der Waals surface area (Å²) in [5.41, 5.74) is 6.62. The summed E-state index contributed by atoms with van der Waals surface area (Å²) in [6, 6.07) is 7.64. The molecule has 3 rings (SSSR count). The number of primary amides is 1. The van der Waals surface area contributed by atoms with Crippen LogP contribution in [0.4, 0.5) is 0 Å². The van der Waals surface area contributed by atoms with Gasteiger partial charge in [-0.15, -0.1) is 0 Å². The van der Waals surface area contributed by atoms with Gasteiger partial charge in [0, 0.05) is 5.75 Å². The van der Waals surface area contributed by atoms with Crippen LogP contribution < -0.4 is 11.1 Å². The first-order valence-electron chi connectivity index (χ1n) is 7.19. The van der Waals surface area contributed by atoms with Crippen LogP contribution in [0.5, 0.6) is 0 Å². The summed E-state index contributed by atoms with van der Waals surface area (Å²) >= 11 is 1.45. The Kier molecular flexibility index (Phi) is 3.91. The molecule has 0 radical (unpaired) electrons. The minimum Gasteiger partial charge on any atom is -0.431 e. The van der Waals surface area contributed by atoms with Crippen LogP contribution in [0.25, 0.3) is 11.1 Å². The van der Waals surface area contributed by atoms with E-state index >= 15 is 0 Å². The Hall–Kier alpha value is -1.53. The molecule has 5 nitrogen and oxygen atoms in total. The molecule has 0 bridgehead atoms. The highest BCUT2D eigenvalue weighted by atomic mass is 32.2. The lowest BCUT2D eigenvalue weighted by Gasteiger charge is -2.30. The summed E-state index contributed by atoms with van der Waals surface area (Å²) in [4.78, 5) is 16.4. The molecule has 1 atom stereocenters. The Labute approximate surface area is 127 Å². The van der Waals surface area contributed by atoms with Crippen LogP contribution in [0.2, 0.25) is 0 Å². The molecule has 1 aliphatic carbocycles. The third kappa shape index (κ3) is 2.78. The predicted octanol–water partition coefficient (Wildman–Crippen LogP) is 2.16. The van der Waals surface area contributed by atoms with Crippen LogP contribution in [0.3, 0.4) is 0 Å². The Morgan fingerprint density at radius 3 is 2.90 bits per heavy atom. The van der Waals surface area contributed by atoms with Crippen LogP contribution >= 0.6 is 11.8 Å². The zero-order chi connectivity index (χ0) is 14.9. The maximum atomic E-state index is 12.0. The van der Waals surface area contributed by atoms with E-state index in [9.17, 15) is 4.79 Å². The highest BCUT2D eigenvalue weighted by Gasteiger charge is 2.49. The maximum absolute atomic E-state index is 12.0. The molecule has 1 aromatic heterocycles. The molecular formula is C15H19N3O2S. The molecule has 1 saturated carbocycles. The number of para-hydroxylation sites is 2. The van der Waals surface area contributed by atoms with Crippen molar-refractivity contribution in [3.05, 3.63) is 24.3 Å². The van der Waals surface area contributed by atoms with Gasteiger partial charge in [-0.3, -0.25) is 4.79 Å². The number of amides is 1. The number of aromatic nitrogens is 1. The second-order valence-electron chi connectivity index (χ2n) is 5.38. The quantitative estimate of drug-likeness (QED) is 0.766. The second kappa shape index (κ2) is 5.69. The minimum atomic E-state index is -0.653. The van der Waals surface area contributed by atoms with Crippen LogP contribution in [0.15, 0.2) is 33.9 Å². The van der Waals surface area contributed by atoms with Gasteiger partial charge in [-0.1, -0.05) is 30.8 Å². The number of carbonyl (C=O) groups is 1. The van der Waals surface area contributed by atoms with Gasteiger partial charge in [-0.25, -0.2) is 4.98 Å². The molecule has 2 aromatic rings. The van der Waals surface area contributed by atoms with Gasteiger partial charge in [0.1, 0.15) is 11.1 Å². The van der Waals surface area contributed by atoms with Crippen molar-refractivity contribution in [1.82, 2.24) is 10.3 Å². The number of fused-ring (bicyclic) bond motifs is 1. The van der Waals surface area contributed by atoms with E-state index in [1.54, 1.807) is 0 Å². The van der Waals surface area contributed by atoms with E-state index in [0.717, 1.165) is 23.9 Å². The lowest BCUT2D eigenvalue weighted by atomic mass is 9.94. The standard InChI is InChI=1S/C15H19N3O2S/c1-2-17-15(13(16)19,10-7-8-10)9-21-14-18-11-5-3-4-6-12(11)20-14/h3-6,10,17H,2,7-9H2,1H3,(H2,16,19). The number of nitrogens with two attached hydrogens (primary N) is 1. The lowest BCUT2D eigenvalue weighted by molar-refractivity contribution is -0.124. The van der Waals surface area contributed by atoms with E-state index in [2.05, 4.69) is 10.3 Å². The molecule has 0 saturated heterocycles. The zero-order valence-electron chi connectivity index (χ0n) is 12.0. The van der Waals surface area contributed by atoms with E-state index < -0.39 is 5.54 Å². The number of oxazole rings is 1. The summed E-state index contributed by atoms with van der Waals surface area (Å²) in [6.07, 6.45) is 2.09. The van der Waals surface area contributed by atoms with Gasteiger partial charge >= 0.3 is 0 Å². The smallest absolute Gasteiger partial charge is 0.256 e. The number of carbonyl (C=O) groups excluding carboxylic acids is 1. The molecule has 1 heterocycles. The number of nitrogens with zero attached hydrogens (tertiary/aromatic N) is 1. The third-order valence-electron chi connectivity index (χ3n) is 3.90. The minimum absolute atomic E-state index is 0.282. The third-order valence-corrected chi connectivity index (χ3v) is 4.93. The molecule has 112 valence electrons. The highest BCUT2D eigenvalue weighted by molar-refractivity contribution is 7.99. The van der Waals surface area contributed by atoms with Gasteiger partial charge in [-0.2, -0.15) is 0 Å². The Morgan fingerprint density at radius 1 is 1.52 bits per heavy atom. The Morgan fingerprint density at radius 2 is 2.29 bits per heavy atom. The number of rotatable bonds is 7. The molecule has 21 heavy (non-hydrogen) atoms. The molecule has 0 spiro atoms. The monoisotopic (exact) mass is 305 g/mol. The first-order valence-corrected chi connectivity index (χ1v) is 8.17. The van der Waals surface area contributed by atoms with Crippen LogP contribution in [-0.4, -0.2) is 28.7 Å². The van der Waals surface area contributed by atoms with E-state index in [0.29, 0.717) is 23.4 Å². The van der Waals surface area contributed by atoms with Gasteiger partial charge in [0.2, 0.25) is 5.91 Å². The van der Waals surface area contributed by atoms with Crippen LogP contribution in [0.1, 0.15) is 19.8 Å². The number of benzene rings is 1. The summed E-state index contributed by atoms with van der Waals surface area (Å²) in [5.74, 6) is 0.593. The van der Waals surface area contributed by atoms with E-state index in [4.69, 9.17) is 10.2 Å². The SMILES string of the molecule is CCNC(CSc1nc2ccccc2o1)(C(N)=O)C1CC1. The number of thioether (sulfide) groups is 1. The predicted molar refractivity (Wildman–Crippen MR) is 83.1 cm³/mol. The number of nitrogens with one attached hydrogen (secondary N) is 1. The maximum Gasteiger partial charge on any atom is 0.256 e. The first-order chi connectivity index (χ1) is 10.2. The summed E-state index contributed by atoms with van der Waals surface area (Å²) in [6.45, 7) is 2.71. The molecule has 1 aliphatic rings. The van der Waals surface area contributed by atoms with Crippen molar-refractivity contribution in [1.29, 1.82) is 0 Å². The summed E-state index contributed by atoms with van der Waals surface area (Å²) in [5, 5.41) is 3.88. The van der Waals surface area contributed by atoms with Gasteiger partial charge in [0.25, 0.3) is 5.22 Å². The molecule has 1 fully saturated rings. The van der Waals surface area contributed by atoms with Crippen molar-refractivity contribution in [3.63, 3.8) is 0 Å². The van der Waals surface area contributed by atoms with Crippen molar-refractivity contribution in [2.45, 2.75) is 30.5 Å². The van der Waals surface area contributed by atoms with Crippen molar-refractivity contribution >= 4 is 28.8 Å². The normalized spacial score (nSPS) is 17.8. The summed E-state index contributed by atoms with van der Waals surface area (Å²) in [7, 11) is 0. The molecule has 1 amide bonds. The van der Waals surface area contributed by atoms with E-state index in [1.165, 1.54) is 11.8 Å². The molecular weight excluding hydrogens is 286 g/mol. The van der Waals surface area contributed by atoms with Crippen LogP contribution in [-0.2, 0) is 4.79 Å². The largest absolute Gasteiger partial charge is 0.431 e. The van der Waals surface area contributed by atoms with Gasteiger partial charge in [0.15, 0.2) is 5.58 Å². The topological polar surface area (TPSA) is 81.2 Å². The molecule has 1 unspecified atom stereocenters. The number of hydrogen-bond donors (Lipinski definition) is 2. The second-order valence-corrected chi connectivity index (χ2v) is 6.30. The Bertz CT molecular complexity index is 620. The van der Waals surface area contributed by atoms with Crippen molar-refractivity contribution in [3.8, 4) is 0 Å². The average molecular weight is 305 g/mol. The first kappa shape index (κ1) is 14.4. The van der Waals surface area contributed by atoms with Crippen molar-refractivity contribution < 1.29 is 9.21 Å². The van der Waals surface area contributed by atoms with Gasteiger partial charge < -0.3 is 15.5 Å². The fourth-order valence-electron chi connectivity index (χ4n) is 2.65. The average Bonchev–Trinajstić information content (AvgIpc) is 3.23. The Balaban J connectivity index is 1.78. The van der Waals surface area contributed by atoms with Gasteiger partial charge in [0.05, 0.1) is 0 Å². The number of hydrogen-bond acceptors (Lipinski definition) is 5. The summed E-state index contributed by atoms with van der Waals surface area (Å²) < 4.78 is 5.69. The zero-order valence-corrected chi connectivity index (χ0v) is 12.8. The van der Waals surface area contributed by atoms with Crippen molar-refractivity contribution in [2.75, 3.05) is 12.3 Å². The van der Waals surface area contributed by atoms with E-state index in [1.807, 2.05) is 31.2 Å². The molecule has 0 aliphatic heterocycles. The lowest BCUT2D eigenvalue weighted by Crippen LogP contribution is -2.59. The van der Waals surface area contributed by atoms with Gasteiger partial charge in [-0.05, 0) is 37.4 Å². The molecule has 6 heteroatoms. The molecule has 1 aromatic carbocycles. The fraction of sp³-hybridized carbons (Fsp3) is 0.467. The number of likely N-dealkylation sites (N-methyl/N-ethyl adjacent to an activating group) is 1. The fourth-order valence-corrected chi connectivity index (χ4v) is 3.80. The highest BCUT2D eigenvalue weighted by Crippen LogP contribution is 2.42. The van der Waals surface area contributed by atoms with Crippen molar-refractivity contribution in [2.24, 2.45) is 11.7 Å².